The van der Waals surface area contributed by atoms with E-state index in [2.05, 4.69) is 10.5 Å². The van der Waals surface area contributed by atoms with Gasteiger partial charge in [-0.15, -0.1) is 0 Å². The van der Waals surface area contributed by atoms with Gasteiger partial charge in [-0.2, -0.15) is 4.98 Å². The molecule has 1 aromatic heterocycles. The van der Waals surface area contributed by atoms with Crippen LogP contribution >= 0.6 is 11.6 Å². The number of aryl methyl sites for hydroxylation is 1. The molecule has 0 saturated heterocycles. The number of anilines is 1. The molecule has 164 valence electrons. The van der Waals surface area contributed by atoms with Gasteiger partial charge in [0.05, 0.1) is 17.3 Å². The van der Waals surface area contributed by atoms with Crippen molar-refractivity contribution in [1.29, 1.82) is 0 Å². The molecule has 2 amide bonds. The van der Waals surface area contributed by atoms with Gasteiger partial charge >= 0.3 is 6.03 Å². The largest absolute Gasteiger partial charge is 0.334 e. The van der Waals surface area contributed by atoms with Gasteiger partial charge in [0, 0.05) is 16.3 Å². The van der Waals surface area contributed by atoms with Crippen LogP contribution < -0.4 is 10.2 Å². The molecule has 4 aromatic rings. The number of benzene rings is 3. The molecule has 1 unspecified atom stereocenters. The molecule has 0 spiro atoms. The summed E-state index contributed by atoms with van der Waals surface area (Å²) in [6.45, 7) is 3.90. The Bertz CT molecular complexity index is 1350. The highest BCUT2D eigenvalue weighted by atomic mass is 35.5. The number of hydrogen-bond acceptors (Lipinski definition) is 4. The van der Waals surface area contributed by atoms with E-state index in [0.29, 0.717) is 28.1 Å². The zero-order valence-electron chi connectivity index (χ0n) is 18.1. The highest BCUT2D eigenvalue weighted by Crippen LogP contribution is 2.39. The maximum Gasteiger partial charge on any atom is 0.326 e. The maximum absolute atomic E-state index is 13.2. The maximum atomic E-state index is 13.2. The fourth-order valence-corrected chi connectivity index (χ4v) is 4.18. The molecule has 7 heteroatoms. The average molecular weight is 457 g/mol. The second kappa shape index (κ2) is 8.56. The van der Waals surface area contributed by atoms with E-state index in [4.69, 9.17) is 21.1 Å². The number of aromatic nitrogens is 2. The summed E-state index contributed by atoms with van der Waals surface area (Å²) in [5.41, 5.74) is 5.00. The third-order valence-electron chi connectivity index (χ3n) is 5.65. The molecular formula is C26H21ClN4O2. The van der Waals surface area contributed by atoms with Crippen LogP contribution in [0.15, 0.2) is 89.1 Å². The fraction of sp³-hybridized carbons (Fsp3) is 0.115. The molecule has 1 atom stereocenters. The summed E-state index contributed by atoms with van der Waals surface area (Å²) in [5, 5.41) is 7.85. The number of nitrogens with one attached hydrogen (secondary N) is 1. The van der Waals surface area contributed by atoms with Gasteiger partial charge in [-0.05, 0) is 37.6 Å². The Kier molecular flexibility index (Phi) is 5.44. The van der Waals surface area contributed by atoms with Gasteiger partial charge in [0.25, 0.3) is 5.89 Å². The molecule has 3 aromatic carbocycles. The Balaban J connectivity index is 1.65. The molecule has 1 N–H and O–H groups in total. The monoisotopic (exact) mass is 456 g/mol. The van der Waals surface area contributed by atoms with E-state index >= 15 is 0 Å². The van der Waals surface area contributed by atoms with Crippen LogP contribution in [0.1, 0.15) is 30.0 Å². The van der Waals surface area contributed by atoms with Crippen molar-refractivity contribution in [1.82, 2.24) is 15.5 Å². The van der Waals surface area contributed by atoms with E-state index in [9.17, 15) is 4.79 Å². The summed E-state index contributed by atoms with van der Waals surface area (Å²) >= 11 is 6.20. The van der Waals surface area contributed by atoms with Crippen LogP contribution in [0.3, 0.4) is 0 Å². The van der Waals surface area contributed by atoms with Gasteiger partial charge < -0.3 is 9.84 Å². The topological polar surface area (TPSA) is 71.3 Å². The second-order valence-electron chi connectivity index (χ2n) is 7.90. The van der Waals surface area contributed by atoms with Crippen LogP contribution in [0.5, 0.6) is 0 Å². The molecule has 1 aliphatic heterocycles. The van der Waals surface area contributed by atoms with Gasteiger partial charge in [0.1, 0.15) is 0 Å². The predicted octanol–water partition coefficient (Wildman–Crippen LogP) is 6.40. The summed E-state index contributed by atoms with van der Waals surface area (Å²) in [4.78, 5) is 19.5. The highest BCUT2D eigenvalue weighted by Gasteiger charge is 2.36. The summed E-state index contributed by atoms with van der Waals surface area (Å²) in [6.07, 6.45) is 0. The van der Waals surface area contributed by atoms with Crippen LogP contribution in [0.4, 0.5) is 10.5 Å². The van der Waals surface area contributed by atoms with Crippen LogP contribution in [0, 0.1) is 6.92 Å². The van der Waals surface area contributed by atoms with Gasteiger partial charge in [0.2, 0.25) is 5.82 Å². The van der Waals surface area contributed by atoms with Gasteiger partial charge in [-0.3, -0.25) is 4.90 Å². The smallest absolute Gasteiger partial charge is 0.326 e. The zero-order chi connectivity index (χ0) is 22.9. The van der Waals surface area contributed by atoms with Crippen LogP contribution in [0.2, 0.25) is 5.02 Å². The Morgan fingerprint density at radius 1 is 0.970 bits per heavy atom. The summed E-state index contributed by atoms with van der Waals surface area (Å²) in [5.74, 6) is 0.840. The SMILES string of the molecule is CC1=C(c2nc(-c3ccc(C)cc3)no2)C(c2ccccc2)NC(=O)N1c1cccc(Cl)c1. The Hall–Kier alpha value is -3.90. The number of hydrogen-bond donors (Lipinski definition) is 1. The summed E-state index contributed by atoms with van der Waals surface area (Å²) in [6, 6.07) is 24.1. The molecule has 33 heavy (non-hydrogen) atoms. The molecule has 2 heterocycles. The third-order valence-corrected chi connectivity index (χ3v) is 5.89. The van der Waals surface area contributed by atoms with Crippen molar-refractivity contribution in [3.05, 3.63) is 107 Å². The third kappa shape index (κ3) is 4.01. The first kappa shape index (κ1) is 21.0. The number of rotatable bonds is 4. The Morgan fingerprint density at radius 3 is 2.45 bits per heavy atom. The van der Waals surface area contributed by atoms with Crippen molar-refractivity contribution < 1.29 is 9.32 Å². The minimum atomic E-state index is -0.444. The first-order chi connectivity index (χ1) is 16.0. The Morgan fingerprint density at radius 2 is 1.73 bits per heavy atom. The van der Waals surface area contributed by atoms with Crippen LogP contribution in [0.25, 0.3) is 17.0 Å². The number of nitrogens with zero attached hydrogens (tertiary/aromatic N) is 3. The number of carbonyl (C=O) groups is 1. The molecule has 1 aliphatic rings. The fourth-order valence-electron chi connectivity index (χ4n) is 3.99. The predicted molar refractivity (Wildman–Crippen MR) is 129 cm³/mol. The van der Waals surface area contributed by atoms with Gasteiger partial charge in [-0.25, -0.2) is 4.79 Å². The lowest BCUT2D eigenvalue weighted by molar-refractivity contribution is 0.244. The molecule has 0 bridgehead atoms. The van der Waals surface area contributed by atoms with Crippen LogP contribution in [-0.2, 0) is 0 Å². The van der Waals surface area contributed by atoms with E-state index in [1.54, 1.807) is 17.0 Å². The van der Waals surface area contributed by atoms with Crippen molar-refractivity contribution in [3.8, 4) is 11.4 Å². The minimum Gasteiger partial charge on any atom is -0.334 e. The van der Waals surface area contributed by atoms with Gasteiger partial charge in [0.15, 0.2) is 0 Å². The lowest BCUT2D eigenvalue weighted by Crippen LogP contribution is -2.46. The molecular weight excluding hydrogens is 436 g/mol. The van der Waals surface area contributed by atoms with Crippen molar-refractivity contribution >= 4 is 28.9 Å². The number of carbonyl (C=O) groups excluding carboxylic acids is 1. The van der Waals surface area contributed by atoms with Crippen LogP contribution in [-0.4, -0.2) is 16.2 Å². The van der Waals surface area contributed by atoms with E-state index in [1.165, 1.54) is 0 Å². The number of urea groups is 1. The summed E-state index contributed by atoms with van der Waals surface area (Å²) < 4.78 is 5.73. The zero-order valence-corrected chi connectivity index (χ0v) is 18.9. The lowest BCUT2D eigenvalue weighted by atomic mass is 9.94. The quantitative estimate of drug-likeness (QED) is 0.385. The second-order valence-corrected chi connectivity index (χ2v) is 8.33. The minimum absolute atomic E-state index is 0.259. The molecule has 0 radical (unpaired) electrons. The number of amides is 2. The first-order valence-electron chi connectivity index (χ1n) is 10.5. The molecule has 0 fully saturated rings. The normalized spacial score (nSPS) is 16.2. The molecule has 0 saturated carbocycles. The van der Waals surface area contributed by atoms with Gasteiger partial charge in [-0.1, -0.05) is 83.0 Å². The number of halogens is 1. The van der Waals surface area contributed by atoms with E-state index < -0.39 is 6.04 Å². The van der Waals surface area contributed by atoms with Crippen molar-refractivity contribution in [2.45, 2.75) is 19.9 Å². The van der Waals surface area contributed by atoms with Crippen molar-refractivity contribution in [3.63, 3.8) is 0 Å². The average Bonchev–Trinajstić information content (AvgIpc) is 3.29. The molecule has 5 rings (SSSR count). The molecule has 6 nitrogen and oxygen atoms in total. The summed E-state index contributed by atoms with van der Waals surface area (Å²) in [7, 11) is 0. The van der Waals surface area contributed by atoms with Crippen molar-refractivity contribution in [2.75, 3.05) is 4.90 Å². The lowest BCUT2D eigenvalue weighted by Gasteiger charge is -2.35. The highest BCUT2D eigenvalue weighted by molar-refractivity contribution is 6.31. The van der Waals surface area contributed by atoms with E-state index in [1.807, 2.05) is 80.6 Å². The van der Waals surface area contributed by atoms with E-state index in [0.717, 1.165) is 22.3 Å². The Labute approximate surface area is 196 Å². The van der Waals surface area contributed by atoms with Crippen molar-refractivity contribution in [2.24, 2.45) is 0 Å². The first-order valence-corrected chi connectivity index (χ1v) is 10.9. The number of allylic oxidation sites excluding steroid dienone is 1. The van der Waals surface area contributed by atoms with E-state index in [-0.39, 0.29) is 6.03 Å². The molecule has 0 aliphatic carbocycles. The standard InChI is InChI=1S/C26H21ClN4O2/c1-16-11-13-19(14-12-16)24-29-25(33-30-24)22-17(2)31(21-10-6-9-20(27)15-21)26(32)28-23(22)18-7-4-3-5-8-18/h3-15,23H,1-2H3,(H,28,32).